The fraction of sp³-hybridized carbons (Fsp3) is 0.625. The van der Waals surface area contributed by atoms with Crippen molar-refractivity contribution in [3.63, 3.8) is 0 Å². The number of imidazole rings is 1. The zero-order valence-electron chi connectivity index (χ0n) is 11.6. The van der Waals surface area contributed by atoms with Gasteiger partial charge in [0.25, 0.3) is 0 Å². The van der Waals surface area contributed by atoms with E-state index in [-0.39, 0.29) is 0 Å². The highest BCUT2D eigenvalue weighted by Crippen LogP contribution is 2.27. The Labute approximate surface area is 114 Å². The predicted molar refractivity (Wildman–Crippen MR) is 78.0 cm³/mol. The Morgan fingerprint density at radius 1 is 1.16 bits per heavy atom. The Kier molecular flexibility index (Phi) is 4.11. The van der Waals surface area contributed by atoms with Crippen molar-refractivity contribution in [3.8, 4) is 0 Å². The minimum Gasteiger partial charge on any atom is -0.341 e. The maximum Gasteiger partial charge on any atom is 0.177 e. The summed E-state index contributed by atoms with van der Waals surface area (Å²) in [5.74, 6) is 2.10. The van der Waals surface area contributed by atoms with Gasteiger partial charge in [-0.15, -0.1) is 0 Å². The largest absolute Gasteiger partial charge is 0.341 e. The monoisotopic (exact) mass is 257 g/mol. The van der Waals surface area contributed by atoms with Crippen molar-refractivity contribution in [2.45, 2.75) is 57.8 Å². The van der Waals surface area contributed by atoms with E-state index in [4.69, 9.17) is 0 Å². The number of nitrogens with zero attached hydrogens (tertiary/aromatic N) is 2. The topological polar surface area (TPSA) is 41.6 Å². The molecule has 2 aromatic rings. The lowest BCUT2D eigenvalue weighted by Gasteiger charge is -2.21. The Bertz CT molecular complexity index is 478. The number of nitrogens with one attached hydrogen (secondary N) is 1. The Morgan fingerprint density at radius 2 is 2.05 bits per heavy atom. The maximum atomic E-state index is 4.53. The minimum atomic E-state index is 0.852. The fourth-order valence-corrected chi connectivity index (χ4v) is 3.21. The van der Waals surface area contributed by atoms with Crippen molar-refractivity contribution in [1.82, 2.24) is 15.0 Å². The lowest BCUT2D eigenvalue weighted by molar-refractivity contribution is 0.329. The van der Waals surface area contributed by atoms with Crippen LogP contribution >= 0.6 is 0 Å². The third-order valence-electron chi connectivity index (χ3n) is 4.31. The van der Waals surface area contributed by atoms with Crippen molar-refractivity contribution in [1.29, 1.82) is 0 Å². The molecule has 102 valence electrons. The number of hydrogen-bond donors (Lipinski definition) is 1. The molecule has 1 fully saturated rings. The molecular weight excluding hydrogens is 234 g/mol. The maximum absolute atomic E-state index is 4.53. The molecule has 1 saturated carbocycles. The molecule has 1 aliphatic carbocycles. The van der Waals surface area contributed by atoms with Gasteiger partial charge in [-0.2, -0.15) is 0 Å². The summed E-state index contributed by atoms with van der Waals surface area (Å²) in [4.78, 5) is 12.2. The van der Waals surface area contributed by atoms with Crippen molar-refractivity contribution in [2.24, 2.45) is 5.92 Å². The number of hydrogen-bond acceptors (Lipinski definition) is 2. The van der Waals surface area contributed by atoms with E-state index in [1.807, 2.05) is 12.1 Å². The highest BCUT2D eigenvalue weighted by Gasteiger charge is 2.12. The lowest BCUT2D eigenvalue weighted by Crippen LogP contribution is -2.06. The predicted octanol–water partition coefficient (Wildman–Crippen LogP) is 4.25. The summed E-state index contributed by atoms with van der Waals surface area (Å²) in [6.45, 7) is 0. The van der Waals surface area contributed by atoms with Crippen LogP contribution in [0.15, 0.2) is 18.3 Å². The molecule has 0 unspecified atom stereocenters. The molecule has 0 spiro atoms. The van der Waals surface area contributed by atoms with Crippen molar-refractivity contribution < 1.29 is 0 Å². The van der Waals surface area contributed by atoms with Gasteiger partial charge in [0.2, 0.25) is 0 Å². The molecule has 0 atom stereocenters. The Hall–Kier alpha value is -1.38. The van der Waals surface area contributed by atoms with Crippen LogP contribution in [-0.2, 0) is 6.42 Å². The van der Waals surface area contributed by atoms with E-state index < -0.39 is 0 Å². The average molecular weight is 257 g/mol. The first-order chi connectivity index (χ1) is 9.42. The highest BCUT2D eigenvalue weighted by molar-refractivity contribution is 5.69. The first-order valence-corrected chi connectivity index (χ1v) is 7.71. The fourth-order valence-electron chi connectivity index (χ4n) is 3.21. The summed E-state index contributed by atoms with van der Waals surface area (Å²) in [7, 11) is 0. The molecule has 0 aliphatic heterocycles. The van der Waals surface area contributed by atoms with Crippen molar-refractivity contribution in [2.75, 3.05) is 0 Å². The molecule has 3 rings (SSSR count). The summed E-state index contributed by atoms with van der Waals surface area (Å²) < 4.78 is 0. The second kappa shape index (κ2) is 6.18. The second-order valence-electron chi connectivity index (χ2n) is 5.81. The SMILES string of the molecule is c1cnc2nc(CCCCC3CCCCC3)[nH]c2c1. The van der Waals surface area contributed by atoms with E-state index in [1.54, 1.807) is 6.20 Å². The van der Waals surface area contributed by atoms with Crippen LogP contribution in [0.3, 0.4) is 0 Å². The first kappa shape index (κ1) is 12.6. The molecular formula is C16H23N3. The number of unbranched alkanes of at least 4 members (excludes halogenated alkanes) is 1. The third-order valence-corrected chi connectivity index (χ3v) is 4.31. The molecule has 2 aromatic heterocycles. The van der Waals surface area contributed by atoms with Crippen LogP contribution in [0, 0.1) is 5.92 Å². The first-order valence-electron chi connectivity index (χ1n) is 7.71. The number of pyridine rings is 1. The molecule has 3 heteroatoms. The van der Waals surface area contributed by atoms with Crippen molar-refractivity contribution in [3.05, 3.63) is 24.2 Å². The van der Waals surface area contributed by atoms with Crippen molar-refractivity contribution >= 4 is 11.2 Å². The number of aromatic nitrogens is 3. The molecule has 0 bridgehead atoms. The zero-order valence-corrected chi connectivity index (χ0v) is 11.6. The molecule has 1 N–H and O–H groups in total. The Balaban J connectivity index is 1.44. The molecule has 0 amide bonds. The smallest absolute Gasteiger partial charge is 0.177 e. The van der Waals surface area contributed by atoms with Gasteiger partial charge in [0.05, 0.1) is 5.52 Å². The second-order valence-corrected chi connectivity index (χ2v) is 5.81. The lowest BCUT2D eigenvalue weighted by atomic mass is 9.85. The number of aryl methyl sites for hydroxylation is 1. The molecule has 0 aromatic carbocycles. The van der Waals surface area contributed by atoms with E-state index in [0.29, 0.717) is 0 Å². The van der Waals surface area contributed by atoms with Crippen LogP contribution in [0.25, 0.3) is 11.2 Å². The van der Waals surface area contributed by atoms with Gasteiger partial charge in [0.15, 0.2) is 5.65 Å². The zero-order chi connectivity index (χ0) is 12.9. The summed E-state index contributed by atoms with van der Waals surface area (Å²) in [6, 6.07) is 3.99. The van der Waals surface area contributed by atoms with Gasteiger partial charge in [-0.1, -0.05) is 44.9 Å². The van der Waals surface area contributed by atoms with Gasteiger partial charge in [-0.05, 0) is 24.5 Å². The molecule has 19 heavy (non-hydrogen) atoms. The van der Waals surface area contributed by atoms with Crippen LogP contribution in [0.1, 0.15) is 57.2 Å². The summed E-state index contributed by atoms with van der Waals surface area (Å²) in [6.07, 6.45) is 14.2. The van der Waals surface area contributed by atoms with Crippen LogP contribution < -0.4 is 0 Å². The van der Waals surface area contributed by atoms with Gasteiger partial charge in [-0.3, -0.25) is 0 Å². The van der Waals surface area contributed by atoms with Gasteiger partial charge in [-0.25, -0.2) is 9.97 Å². The standard InChI is InChI=1S/C16H23N3/c1-2-7-13(8-3-1)9-4-5-11-15-18-14-10-6-12-17-16(14)19-15/h6,10,12-13H,1-5,7-9,11H2,(H,17,18,19). The third kappa shape index (κ3) is 3.34. The van der Waals surface area contributed by atoms with Gasteiger partial charge >= 0.3 is 0 Å². The summed E-state index contributed by atoms with van der Waals surface area (Å²) in [5, 5.41) is 0. The average Bonchev–Trinajstić information content (AvgIpc) is 2.87. The van der Waals surface area contributed by atoms with Gasteiger partial charge < -0.3 is 4.98 Å². The normalized spacial score (nSPS) is 17.1. The number of fused-ring (bicyclic) bond motifs is 1. The van der Waals surface area contributed by atoms with Crippen LogP contribution in [0.5, 0.6) is 0 Å². The summed E-state index contributed by atoms with van der Waals surface area (Å²) >= 11 is 0. The molecule has 2 heterocycles. The number of H-pyrrole nitrogens is 1. The van der Waals surface area contributed by atoms with E-state index >= 15 is 0 Å². The van der Waals surface area contributed by atoms with Crippen LogP contribution in [0.4, 0.5) is 0 Å². The van der Waals surface area contributed by atoms with E-state index in [0.717, 1.165) is 29.3 Å². The Morgan fingerprint density at radius 3 is 2.89 bits per heavy atom. The van der Waals surface area contributed by atoms with E-state index in [2.05, 4.69) is 15.0 Å². The molecule has 3 nitrogen and oxygen atoms in total. The van der Waals surface area contributed by atoms with Crippen LogP contribution in [-0.4, -0.2) is 15.0 Å². The molecule has 0 saturated heterocycles. The number of rotatable bonds is 5. The quantitative estimate of drug-likeness (QED) is 0.813. The highest BCUT2D eigenvalue weighted by atomic mass is 15.0. The molecule has 0 radical (unpaired) electrons. The summed E-state index contributed by atoms with van der Waals surface area (Å²) in [5.41, 5.74) is 1.91. The van der Waals surface area contributed by atoms with E-state index in [1.165, 1.54) is 51.4 Å². The number of aromatic amines is 1. The molecule has 1 aliphatic rings. The van der Waals surface area contributed by atoms with E-state index in [9.17, 15) is 0 Å². The van der Waals surface area contributed by atoms with Gasteiger partial charge in [0.1, 0.15) is 5.82 Å². The minimum absolute atomic E-state index is 0.852. The van der Waals surface area contributed by atoms with Gasteiger partial charge in [0, 0.05) is 12.6 Å². The van der Waals surface area contributed by atoms with Crippen LogP contribution in [0.2, 0.25) is 0 Å².